The maximum atomic E-state index is 11.9. The lowest BCUT2D eigenvalue weighted by atomic mass is 9.96. The van der Waals surface area contributed by atoms with Crippen LogP contribution in [0.2, 0.25) is 5.02 Å². The Balaban J connectivity index is 2.67. The molecule has 1 unspecified atom stereocenters. The molecule has 0 aliphatic heterocycles. The number of carbonyl (C=O) groups is 2. The molecule has 2 amide bonds. The lowest BCUT2D eigenvalue weighted by molar-refractivity contribution is -0.119. The highest BCUT2D eigenvalue weighted by Gasteiger charge is 2.20. The van der Waals surface area contributed by atoms with E-state index in [1.165, 1.54) is 11.8 Å². The molecule has 4 nitrogen and oxygen atoms in total. The predicted octanol–water partition coefficient (Wildman–Crippen LogP) is 2.37. The third-order valence-corrected chi connectivity index (χ3v) is 4.00. The van der Waals surface area contributed by atoms with E-state index in [2.05, 4.69) is 5.32 Å². The third-order valence-electron chi connectivity index (χ3n) is 2.70. The van der Waals surface area contributed by atoms with Gasteiger partial charge in [-0.25, -0.2) is 0 Å². The number of halogens is 1. The number of carbonyl (C=O) groups excluding carboxylic acids is 2. The van der Waals surface area contributed by atoms with Crippen molar-refractivity contribution in [1.29, 1.82) is 0 Å². The summed E-state index contributed by atoms with van der Waals surface area (Å²) in [5, 5.41) is 3.59. The molecule has 0 aliphatic carbocycles. The second kappa shape index (κ2) is 8.17. The van der Waals surface area contributed by atoms with Gasteiger partial charge >= 0.3 is 0 Å². The molecular weight excluding hydrogens is 296 g/mol. The molecular formula is C14H19ClN2O2S. The van der Waals surface area contributed by atoms with E-state index in [9.17, 15) is 9.59 Å². The molecule has 1 atom stereocenters. The van der Waals surface area contributed by atoms with Gasteiger partial charge in [-0.3, -0.25) is 9.59 Å². The van der Waals surface area contributed by atoms with Crippen molar-refractivity contribution in [2.75, 3.05) is 11.5 Å². The normalized spacial score (nSPS) is 12.2. The Kier molecular flexibility index (Phi) is 6.88. The molecule has 1 aromatic rings. The van der Waals surface area contributed by atoms with Gasteiger partial charge in [0, 0.05) is 5.02 Å². The summed E-state index contributed by atoms with van der Waals surface area (Å²) >= 11 is 7.38. The van der Waals surface area contributed by atoms with Crippen molar-refractivity contribution in [3.8, 4) is 0 Å². The molecule has 0 radical (unpaired) electrons. The van der Waals surface area contributed by atoms with Crippen LogP contribution in [0.4, 0.5) is 0 Å². The van der Waals surface area contributed by atoms with E-state index in [0.29, 0.717) is 5.02 Å². The van der Waals surface area contributed by atoms with Crippen LogP contribution < -0.4 is 11.1 Å². The third kappa shape index (κ3) is 5.43. The summed E-state index contributed by atoms with van der Waals surface area (Å²) in [6.07, 6.45) is 0. The number of nitrogens with two attached hydrogens (primary N) is 1. The molecule has 0 saturated carbocycles. The van der Waals surface area contributed by atoms with Gasteiger partial charge in [0.1, 0.15) is 0 Å². The van der Waals surface area contributed by atoms with Gasteiger partial charge in [-0.05, 0) is 17.5 Å². The van der Waals surface area contributed by atoms with Crippen molar-refractivity contribution in [3.63, 3.8) is 0 Å². The standard InChI is InChI=1S/C14H19ClN2O2S/c1-9(2)14(10-5-3-4-6-11(10)15)17-13(19)8-20-7-12(16)18/h3-6,9,14H,7-8H2,1-2H3,(H2,16,18)(H,17,19). The minimum Gasteiger partial charge on any atom is -0.369 e. The summed E-state index contributed by atoms with van der Waals surface area (Å²) in [5.41, 5.74) is 5.93. The van der Waals surface area contributed by atoms with Gasteiger partial charge in [0.2, 0.25) is 11.8 Å². The maximum absolute atomic E-state index is 11.9. The number of benzene rings is 1. The van der Waals surface area contributed by atoms with Crippen LogP contribution in [-0.4, -0.2) is 23.3 Å². The molecule has 0 heterocycles. The maximum Gasteiger partial charge on any atom is 0.230 e. The van der Waals surface area contributed by atoms with Gasteiger partial charge in [-0.1, -0.05) is 43.6 Å². The second-order valence-corrected chi connectivity index (χ2v) is 6.16. The van der Waals surface area contributed by atoms with Crippen LogP contribution in [0.15, 0.2) is 24.3 Å². The Morgan fingerprint density at radius 2 is 1.95 bits per heavy atom. The predicted molar refractivity (Wildman–Crippen MR) is 83.7 cm³/mol. The molecule has 6 heteroatoms. The summed E-state index contributed by atoms with van der Waals surface area (Å²) in [5.74, 6) is 0.00632. The van der Waals surface area contributed by atoms with Crippen LogP contribution >= 0.6 is 23.4 Å². The van der Waals surface area contributed by atoms with Crippen molar-refractivity contribution in [2.45, 2.75) is 19.9 Å². The van der Waals surface area contributed by atoms with Gasteiger partial charge < -0.3 is 11.1 Å². The van der Waals surface area contributed by atoms with Crippen LogP contribution in [0.25, 0.3) is 0 Å². The van der Waals surface area contributed by atoms with E-state index in [1.54, 1.807) is 6.07 Å². The summed E-state index contributed by atoms with van der Waals surface area (Å²) in [6, 6.07) is 7.31. The fourth-order valence-electron chi connectivity index (χ4n) is 1.79. The molecule has 0 fully saturated rings. The molecule has 3 N–H and O–H groups in total. The summed E-state index contributed by atoms with van der Waals surface area (Å²) < 4.78 is 0. The molecule has 0 bridgehead atoms. The van der Waals surface area contributed by atoms with E-state index in [4.69, 9.17) is 17.3 Å². The molecule has 110 valence electrons. The van der Waals surface area contributed by atoms with Gasteiger partial charge in [0.15, 0.2) is 0 Å². The quantitative estimate of drug-likeness (QED) is 0.811. The first-order chi connectivity index (χ1) is 9.41. The first kappa shape index (κ1) is 16.9. The van der Waals surface area contributed by atoms with E-state index in [0.717, 1.165) is 5.56 Å². The Morgan fingerprint density at radius 3 is 2.50 bits per heavy atom. The number of primary amides is 1. The topological polar surface area (TPSA) is 72.2 Å². The summed E-state index contributed by atoms with van der Waals surface area (Å²) in [6.45, 7) is 4.04. The number of thioether (sulfide) groups is 1. The van der Waals surface area contributed by atoms with Gasteiger partial charge in [-0.2, -0.15) is 0 Å². The monoisotopic (exact) mass is 314 g/mol. The number of hydrogen-bond acceptors (Lipinski definition) is 3. The summed E-state index contributed by atoms with van der Waals surface area (Å²) in [7, 11) is 0. The highest BCUT2D eigenvalue weighted by atomic mass is 35.5. The minimum absolute atomic E-state index is 0.130. The van der Waals surface area contributed by atoms with Gasteiger partial charge in [0.05, 0.1) is 17.5 Å². The van der Waals surface area contributed by atoms with Crippen molar-refractivity contribution in [1.82, 2.24) is 5.32 Å². The molecule has 0 aromatic heterocycles. The van der Waals surface area contributed by atoms with Gasteiger partial charge in [0.25, 0.3) is 0 Å². The Bertz CT molecular complexity index is 480. The fraction of sp³-hybridized carbons (Fsp3) is 0.429. The van der Waals surface area contributed by atoms with E-state index < -0.39 is 5.91 Å². The largest absolute Gasteiger partial charge is 0.369 e. The Hall–Kier alpha value is -1.20. The van der Waals surface area contributed by atoms with Crippen LogP contribution in [0.1, 0.15) is 25.5 Å². The van der Waals surface area contributed by atoms with Crippen molar-refractivity contribution in [3.05, 3.63) is 34.9 Å². The number of hydrogen-bond donors (Lipinski definition) is 2. The van der Waals surface area contributed by atoms with Crippen LogP contribution in [0.5, 0.6) is 0 Å². The van der Waals surface area contributed by atoms with E-state index >= 15 is 0 Å². The molecule has 0 spiro atoms. The van der Waals surface area contributed by atoms with Gasteiger partial charge in [-0.15, -0.1) is 11.8 Å². The smallest absolute Gasteiger partial charge is 0.230 e. The Morgan fingerprint density at radius 1 is 1.30 bits per heavy atom. The average molecular weight is 315 g/mol. The van der Waals surface area contributed by atoms with Crippen molar-refractivity contribution >= 4 is 35.2 Å². The van der Waals surface area contributed by atoms with Crippen LogP contribution in [0.3, 0.4) is 0 Å². The number of rotatable bonds is 7. The zero-order valence-electron chi connectivity index (χ0n) is 11.6. The van der Waals surface area contributed by atoms with Crippen LogP contribution in [-0.2, 0) is 9.59 Å². The zero-order chi connectivity index (χ0) is 15.1. The average Bonchev–Trinajstić information content (AvgIpc) is 2.36. The SMILES string of the molecule is CC(C)C(NC(=O)CSCC(N)=O)c1ccccc1Cl. The van der Waals surface area contributed by atoms with E-state index in [1.807, 2.05) is 32.0 Å². The van der Waals surface area contributed by atoms with Crippen molar-refractivity contribution in [2.24, 2.45) is 11.7 Å². The summed E-state index contributed by atoms with van der Waals surface area (Å²) in [4.78, 5) is 22.5. The molecule has 0 saturated heterocycles. The molecule has 0 aliphatic rings. The van der Waals surface area contributed by atoms with Crippen molar-refractivity contribution < 1.29 is 9.59 Å². The van der Waals surface area contributed by atoms with Crippen LogP contribution in [0, 0.1) is 5.92 Å². The van der Waals surface area contributed by atoms with E-state index in [-0.39, 0.29) is 29.4 Å². The first-order valence-electron chi connectivity index (χ1n) is 6.31. The highest BCUT2D eigenvalue weighted by Crippen LogP contribution is 2.28. The second-order valence-electron chi connectivity index (χ2n) is 4.77. The lowest BCUT2D eigenvalue weighted by Crippen LogP contribution is -2.33. The Labute approximate surface area is 128 Å². The minimum atomic E-state index is -0.422. The molecule has 20 heavy (non-hydrogen) atoms. The zero-order valence-corrected chi connectivity index (χ0v) is 13.1. The fourth-order valence-corrected chi connectivity index (χ4v) is 2.62. The number of amides is 2. The molecule has 1 rings (SSSR count). The lowest BCUT2D eigenvalue weighted by Gasteiger charge is -2.23. The highest BCUT2D eigenvalue weighted by molar-refractivity contribution is 8.00. The first-order valence-corrected chi connectivity index (χ1v) is 7.85. The molecule has 1 aromatic carbocycles. The number of nitrogens with one attached hydrogen (secondary N) is 1.